The van der Waals surface area contributed by atoms with E-state index in [-0.39, 0.29) is 0 Å². The first-order valence-corrected chi connectivity index (χ1v) is 8.84. The topological polar surface area (TPSA) is 54.5 Å². The SMILES string of the molecule is CNCC1NNC(c2ccc(OCCOc3ccccc3)cc2)C1C. The molecule has 1 heterocycles. The number of hydrogen-bond donors (Lipinski definition) is 3. The van der Waals surface area contributed by atoms with Gasteiger partial charge in [-0.3, -0.25) is 5.43 Å². The van der Waals surface area contributed by atoms with Crippen molar-refractivity contribution in [2.24, 2.45) is 5.92 Å². The number of hydrogen-bond acceptors (Lipinski definition) is 5. The molecule has 5 nitrogen and oxygen atoms in total. The molecule has 0 spiro atoms. The van der Waals surface area contributed by atoms with Gasteiger partial charge in [0.25, 0.3) is 0 Å². The zero-order chi connectivity index (χ0) is 17.5. The van der Waals surface area contributed by atoms with Crippen LogP contribution in [0.5, 0.6) is 11.5 Å². The lowest BCUT2D eigenvalue weighted by Gasteiger charge is -2.19. The molecular weight excluding hydrogens is 314 g/mol. The van der Waals surface area contributed by atoms with Gasteiger partial charge < -0.3 is 14.8 Å². The monoisotopic (exact) mass is 341 g/mol. The van der Waals surface area contributed by atoms with E-state index >= 15 is 0 Å². The molecule has 1 aliphatic heterocycles. The van der Waals surface area contributed by atoms with E-state index in [1.165, 1.54) is 5.56 Å². The summed E-state index contributed by atoms with van der Waals surface area (Å²) in [5.41, 5.74) is 8.03. The van der Waals surface area contributed by atoms with Gasteiger partial charge in [0, 0.05) is 12.6 Å². The molecule has 1 saturated heterocycles. The van der Waals surface area contributed by atoms with Crippen molar-refractivity contribution in [3.63, 3.8) is 0 Å². The van der Waals surface area contributed by atoms with Crippen LogP contribution in [0.1, 0.15) is 18.5 Å². The first kappa shape index (κ1) is 17.7. The Hall–Kier alpha value is -2.08. The molecular formula is C20H27N3O2. The molecule has 2 aromatic carbocycles. The Morgan fingerprint density at radius 3 is 2.16 bits per heavy atom. The molecule has 5 heteroatoms. The summed E-state index contributed by atoms with van der Waals surface area (Å²) in [6, 6.07) is 18.8. The largest absolute Gasteiger partial charge is 0.490 e. The number of ether oxygens (including phenoxy) is 2. The van der Waals surface area contributed by atoms with Gasteiger partial charge in [0.15, 0.2) is 0 Å². The van der Waals surface area contributed by atoms with Crippen LogP contribution in [0.15, 0.2) is 54.6 Å². The lowest BCUT2D eigenvalue weighted by Crippen LogP contribution is -2.38. The van der Waals surface area contributed by atoms with Gasteiger partial charge in [-0.25, -0.2) is 5.43 Å². The van der Waals surface area contributed by atoms with Gasteiger partial charge in [-0.2, -0.15) is 0 Å². The molecule has 3 unspecified atom stereocenters. The Bertz CT molecular complexity index is 633. The number of hydrazine groups is 1. The number of likely N-dealkylation sites (N-methyl/N-ethyl adjacent to an activating group) is 1. The average Bonchev–Trinajstić information content (AvgIpc) is 3.01. The van der Waals surface area contributed by atoms with Gasteiger partial charge in [0.1, 0.15) is 24.7 Å². The molecule has 1 aliphatic rings. The van der Waals surface area contributed by atoms with Gasteiger partial charge in [-0.1, -0.05) is 37.3 Å². The average molecular weight is 341 g/mol. The van der Waals surface area contributed by atoms with Gasteiger partial charge in [-0.15, -0.1) is 0 Å². The summed E-state index contributed by atoms with van der Waals surface area (Å²) in [4.78, 5) is 0. The minimum Gasteiger partial charge on any atom is -0.490 e. The van der Waals surface area contributed by atoms with Crippen molar-refractivity contribution in [2.75, 3.05) is 26.8 Å². The summed E-state index contributed by atoms with van der Waals surface area (Å²) in [7, 11) is 1.98. The van der Waals surface area contributed by atoms with Crippen LogP contribution in [0.4, 0.5) is 0 Å². The Morgan fingerprint density at radius 2 is 1.52 bits per heavy atom. The van der Waals surface area contributed by atoms with Crippen LogP contribution in [0, 0.1) is 5.92 Å². The van der Waals surface area contributed by atoms with Crippen LogP contribution < -0.4 is 25.6 Å². The summed E-state index contributed by atoms with van der Waals surface area (Å²) in [6.45, 7) is 4.28. The highest BCUT2D eigenvalue weighted by atomic mass is 16.5. The van der Waals surface area contributed by atoms with Gasteiger partial charge >= 0.3 is 0 Å². The quantitative estimate of drug-likeness (QED) is 0.644. The third-order valence-corrected chi connectivity index (χ3v) is 4.61. The molecule has 0 amide bonds. The fourth-order valence-electron chi connectivity index (χ4n) is 3.14. The summed E-state index contributed by atoms with van der Waals surface area (Å²) in [6.07, 6.45) is 0. The minimum atomic E-state index is 0.314. The summed E-state index contributed by atoms with van der Waals surface area (Å²) < 4.78 is 11.4. The van der Waals surface area contributed by atoms with E-state index in [9.17, 15) is 0 Å². The maximum Gasteiger partial charge on any atom is 0.122 e. The molecule has 2 aromatic rings. The Kier molecular flexibility index (Phi) is 6.28. The molecule has 0 saturated carbocycles. The Labute approximate surface area is 149 Å². The zero-order valence-corrected chi connectivity index (χ0v) is 14.9. The maximum absolute atomic E-state index is 5.76. The normalized spacial score (nSPS) is 22.7. The van der Waals surface area contributed by atoms with Crippen LogP contribution >= 0.6 is 0 Å². The van der Waals surface area contributed by atoms with E-state index < -0.39 is 0 Å². The second-order valence-corrected chi connectivity index (χ2v) is 6.37. The van der Waals surface area contributed by atoms with Crippen molar-refractivity contribution in [1.82, 2.24) is 16.2 Å². The van der Waals surface area contributed by atoms with Crippen molar-refractivity contribution in [3.8, 4) is 11.5 Å². The van der Waals surface area contributed by atoms with E-state index in [1.807, 2.05) is 49.5 Å². The molecule has 3 N–H and O–H groups in total. The zero-order valence-electron chi connectivity index (χ0n) is 14.9. The number of nitrogens with one attached hydrogen (secondary N) is 3. The van der Waals surface area contributed by atoms with Gasteiger partial charge in [0.05, 0.1) is 6.04 Å². The number of benzene rings is 2. The van der Waals surface area contributed by atoms with E-state index in [2.05, 4.69) is 35.2 Å². The lowest BCUT2D eigenvalue weighted by molar-refractivity contribution is 0.217. The molecule has 0 aromatic heterocycles. The van der Waals surface area contributed by atoms with Crippen LogP contribution in [-0.2, 0) is 0 Å². The third kappa shape index (κ3) is 4.72. The fraction of sp³-hybridized carbons (Fsp3) is 0.400. The van der Waals surface area contributed by atoms with E-state index in [1.54, 1.807) is 0 Å². The Balaban J connectivity index is 1.46. The second-order valence-electron chi connectivity index (χ2n) is 6.37. The second kappa shape index (κ2) is 8.85. The predicted octanol–water partition coefficient (Wildman–Crippen LogP) is 2.52. The first-order valence-electron chi connectivity index (χ1n) is 8.84. The third-order valence-electron chi connectivity index (χ3n) is 4.61. The highest BCUT2D eigenvalue weighted by Crippen LogP contribution is 2.29. The van der Waals surface area contributed by atoms with Crippen molar-refractivity contribution < 1.29 is 9.47 Å². The molecule has 0 bridgehead atoms. The van der Waals surface area contributed by atoms with Crippen molar-refractivity contribution in [3.05, 3.63) is 60.2 Å². The predicted molar refractivity (Wildman–Crippen MR) is 99.8 cm³/mol. The minimum absolute atomic E-state index is 0.314. The first-order chi connectivity index (χ1) is 12.3. The van der Waals surface area contributed by atoms with Crippen molar-refractivity contribution in [2.45, 2.75) is 19.0 Å². The van der Waals surface area contributed by atoms with Crippen LogP contribution in [-0.4, -0.2) is 32.8 Å². The highest BCUT2D eigenvalue weighted by Gasteiger charge is 2.32. The van der Waals surface area contributed by atoms with E-state index in [4.69, 9.17) is 9.47 Å². The smallest absolute Gasteiger partial charge is 0.122 e. The molecule has 3 atom stereocenters. The molecule has 0 aliphatic carbocycles. The Morgan fingerprint density at radius 1 is 0.880 bits per heavy atom. The van der Waals surface area contributed by atoms with Crippen LogP contribution in [0.2, 0.25) is 0 Å². The van der Waals surface area contributed by atoms with Crippen LogP contribution in [0.3, 0.4) is 0 Å². The van der Waals surface area contributed by atoms with E-state index in [0.717, 1.165) is 18.0 Å². The summed E-state index contributed by atoms with van der Waals surface area (Å²) in [5, 5.41) is 3.23. The van der Waals surface area contributed by atoms with Gasteiger partial charge in [0.2, 0.25) is 0 Å². The van der Waals surface area contributed by atoms with Crippen molar-refractivity contribution in [1.29, 1.82) is 0 Å². The maximum atomic E-state index is 5.76. The summed E-state index contributed by atoms with van der Waals surface area (Å²) >= 11 is 0. The molecule has 3 rings (SSSR count). The van der Waals surface area contributed by atoms with Crippen molar-refractivity contribution >= 4 is 0 Å². The number of para-hydroxylation sites is 1. The molecule has 0 radical (unpaired) electrons. The molecule has 25 heavy (non-hydrogen) atoms. The highest BCUT2D eigenvalue weighted by molar-refractivity contribution is 5.30. The van der Waals surface area contributed by atoms with Crippen LogP contribution in [0.25, 0.3) is 0 Å². The van der Waals surface area contributed by atoms with E-state index in [0.29, 0.717) is 31.2 Å². The fourth-order valence-corrected chi connectivity index (χ4v) is 3.14. The summed E-state index contributed by atoms with van der Waals surface area (Å²) in [5.74, 6) is 2.25. The van der Waals surface area contributed by atoms with Gasteiger partial charge in [-0.05, 0) is 42.8 Å². The standard InChI is InChI=1S/C20H27N3O2/c1-15-19(14-21-2)22-23-20(15)16-8-10-18(11-9-16)25-13-12-24-17-6-4-3-5-7-17/h3-11,15,19-23H,12-14H2,1-2H3. The molecule has 134 valence electrons. The molecule has 1 fully saturated rings. The lowest BCUT2D eigenvalue weighted by atomic mass is 9.91. The number of rotatable bonds is 8.